The molecule has 0 unspecified atom stereocenters. The molecule has 5 rings (SSSR count). The van der Waals surface area contributed by atoms with Crippen LogP contribution in [-0.4, -0.2) is 38.2 Å². The molecule has 9 nitrogen and oxygen atoms in total. The number of fused-ring (bicyclic) bond motifs is 1. The minimum Gasteiger partial charge on any atom is -0.384 e. The number of sulfonamides is 1. The van der Waals surface area contributed by atoms with E-state index in [1.807, 2.05) is 30.3 Å². The molecule has 1 aromatic heterocycles. The van der Waals surface area contributed by atoms with Crippen LogP contribution in [0.3, 0.4) is 0 Å². The molecule has 1 fully saturated rings. The van der Waals surface area contributed by atoms with Crippen molar-refractivity contribution in [3.8, 4) is 0 Å². The Morgan fingerprint density at radius 2 is 1.85 bits per heavy atom. The molecule has 3 aromatic carbocycles. The third-order valence-corrected chi connectivity index (χ3v) is 9.56. The number of benzene rings is 3. The third-order valence-electron chi connectivity index (χ3n) is 6.94. The number of nitrogens with two attached hydrogens (primary N) is 1. The lowest BCUT2D eigenvalue weighted by Crippen LogP contribution is -2.30. The molecule has 40 heavy (non-hydrogen) atoms. The number of nitrogen functional groups attached to an aromatic ring is 1. The van der Waals surface area contributed by atoms with Gasteiger partial charge in [0.1, 0.15) is 10.8 Å². The number of amidine groups is 1. The lowest BCUT2D eigenvalue weighted by Gasteiger charge is -2.22. The Kier molecular flexibility index (Phi) is 8.55. The summed E-state index contributed by atoms with van der Waals surface area (Å²) < 4.78 is 31.1. The molecule has 0 aliphatic carbocycles. The van der Waals surface area contributed by atoms with E-state index in [0.29, 0.717) is 35.0 Å². The van der Waals surface area contributed by atoms with Crippen LogP contribution in [0.2, 0.25) is 0 Å². The summed E-state index contributed by atoms with van der Waals surface area (Å²) in [7, 11) is -3.99. The van der Waals surface area contributed by atoms with Gasteiger partial charge in [-0.25, -0.2) is 18.1 Å². The zero-order valence-electron chi connectivity index (χ0n) is 21.9. The number of rotatable bonds is 10. The molecule has 0 saturated carbocycles. The fraction of sp³-hybridized carbons (Fsp3) is 0.276. The zero-order chi connectivity index (χ0) is 28.1. The maximum absolute atomic E-state index is 13.6. The Morgan fingerprint density at radius 3 is 2.62 bits per heavy atom. The molecule has 1 aliphatic rings. The fourth-order valence-electron chi connectivity index (χ4n) is 4.88. The van der Waals surface area contributed by atoms with Gasteiger partial charge in [0.15, 0.2) is 0 Å². The van der Waals surface area contributed by atoms with Crippen molar-refractivity contribution in [3.05, 3.63) is 88.9 Å². The van der Waals surface area contributed by atoms with Crippen LogP contribution in [0.5, 0.6) is 0 Å². The number of hydrogen-bond donors (Lipinski definition) is 5. The van der Waals surface area contributed by atoms with Gasteiger partial charge in [0, 0.05) is 17.7 Å². The van der Waals surface area contributed by atoms with Gasteiger partial charge in [-0.15, -0.1) is 11.3 Å². The lowest BCUT2D eigenvalue weighted by molar-refractivity contribution is -0.117. The second kappa shape index (κ2) is 12.3. The van der Waals surface area contributed by atoms with Gasteiger partial charge < -0.3 is 16.4 Å². The SMILES string of the molecule is N=C(N)c1cccc(C[C@@H](NS(=O)(=O)c2cccc(NC(=O)CC3CCNCC3)c2)c2nc3ccccc3s2)c1. The first-order chi connectivity index (χ1) is 19.3. The van der Waals surface area contributed by atoms with Crippen LogP contribution in [0.25, 0.3) is 10.2 Å². The Labute approximate surface area is 237 Å². The van der Waals surface area contributed by atoms with E-state index in [0.717, 1.165) is 41.7 Å². The zero-order valence-corrected chi connectivity index (χ0v) is 23.5. The van der Waals surface area contributed by atoms with Gasteiger partial charge in [0.2, 0.25) is 15.9 Å². The summed E-state index contributed by atoms with van der Waals surface area (Å²) in [5.74, 6) is 0.149. The quantitative estimate of drug-likeness (QED) is 0.141. The summed E-state index contributed by atoms with van der Waals surface area (Å²) in [6.45, 7) is 1.82. The van der Waals surface area contributed by atoms with Crippen LogP contribution in [0.1, 0.15) is 41.4 Å². The number of nitrogens with one attached hydrogen (secondary N) is 4. The maximum Gasteiger partial charge on any atom is 0.241 e. The van der Waals surface area contributed by atoms with E-state index < -0.39 is 16.1 Å². The van der Waals surface area contributed by atoms with Crippen molar-refractivity contribution in [2.75, 3.05) is 18.4 Å². The van der Waals surface area contributed by atoms with Crippen molar-refractivity contribution < 1.29 is 13.2 Å². The summed E-state index contributed by atoms with van der Waals surface area (Å²) in [6.07, 6.45) is 2.63. The fourth-order valence-corrected chi connectivity index (χ4v) is 7.22. The topological polar surface area (TPSA) is 150 Å². The minimum atomic E-state index is -3.99. The molecule has 1 saturated heterocycles. The molecule has 0 radical (unpaired) electrons. The first kappa shape index (κ1) is 27.9. The number of thiazole rings is 1. The molecule has 0 bridgehead atoms. The molecule has 11 heteroatoms. The largest absolute Gasteiger partial charge is 0.384 e. The Morgan fingerprint density at radius 1 is 1.07 bits per heavy atom. The number of nitrogens with zero attached hydrogens (tertiary/aromatic N) is 1. The minimum absolute atomic E-state index is 0.0516. The number of para-hydroxylation sites is 1. The number of anilines is 1. The van der Waals surface area contributed by atoms with E-state index in [2.05, 4.69) is 15.4 Å². The standard InChI is InChI=1S/C29H32N6O3S2/c30-28(31)21-6-3-5-20(15-21)16-25(29-34-24-9-1-2-10-26(24)39-29)35-40(37,38)23-8-4-7-22(18-23)33-27(36)17-19-11-13-32-14-12-19/h1-10,15,18-19,25,32,35H,11-14,16-17H2,(H3,30,31)(H,33,36)/t25-/m1/s1. The van der Waals surface area contributed by atoms with Crippen molar-refractivity contribution in [3.63, 3.8) is 0 Å². The van der Waals surface area contributed by atoms with Crippen LogP contribution >= 0.6 is 11.3 Å². The highest BCUT2D eigenvalue weighted by atomic mass is 32.2. The predicted molar refractivity (Wildman–Crippen MR) is 159 cm³/mol. The van der Waals surface area contributed by atoms with Crippen molar-refractivity contribution in [1.29, 1.82) is 5.41 Å². The molecule has 2 heterocycles. The van der Waals surface area contributed by atoms with Crippen LogP contribution in [0.15, 0.2) is 77.7 Å². The van der Waals surface area contributed by atoms with Gasteiger partial charge in [-0.05, 0) is 80.2 Å². The van der Waals surface area contributed by atoms with E-state index in [1.165, 1.54) is 23.5 Å². The second-order valence-corrected chi connectivity index (χ2v) is 12.8. The highest BCUT2D eigenvalue weighted by Crippen LogP contribution is 2.30. The number of aromatic nitrogens is 1. The molecule has 1 aliphatic heterocycles. The third kappa shape index (κ3) is 6.92. The average molecular weight is 577 g/mol. The lowest BCUT2D eigenvalue weighted by atomic mass is 9.94. The van der Waals surface area contributed by atoms with Gasteiger partial charge in [-0.2, -0.15) is 0 Å². The number of piperidine rings is 1. The highest BCUT2D eigenvalue weighted by Gasteiger charge is 2.25. The highest BCUT2D eigenvalue weighted by molar-refractivity contribution is 7.89. The summed E-state index contributed by atoms with van der Waals surface area (Å²) in [4.78, 5) is 17.4. The molecule has 6 N–H and O–H groups in total. The molecule has 1 atom stereocenters. The molecular formula is C29H32N6O3S2. The normalized spacial score (nSPS) is 15.1. The monoisotopic (exact) mass is 576 g/mol. The predicted octanol–water partition coefficient (Wildman–Crippen LogP) is 4.17. The van der Waals surface area contributed by atoms with Crippen LogP contribution in [0.4, 0.5) is 5.69 Å². The molecule has 208 valence electrons. The molecule has 0 spiro atoms. The maximum atomic E-state index is 13.6. The van der Waals surface area contributed by atoms with Gasteiger partial charge in [0.05, 0.1) is 21.2 Å². The summed E-state index contributed by atoms with van der Waals surface area (Å²) in [5.41, 5.74) is 8.30. The van der Waals surface area contributed by atoms with Crippen LogP contribution in [0, 0.1) is 11.3 Å². The van der Waals surface area contributed by atoms with E-state index in [-0.39, 0.29) is 16.6 Å². The Balaban J connectivity index is 1.38. The van der Waals surface area contributed by atoms with Gasteiger partial charge in [0.25, 0.3) is 0 Å². The molecular weight excluding hydrogens is 544 g/mol. The van der Waals surface area contributed by atoms with E-state index in [4.69, 9.17) is 16.1 Å². The van der Waals surface area contributed by atoms with Crippen molar-refractivity contribution in [2.45, 2.75) is 36.6 Å². The van der Waals surface area contributed by atoms with Gasteiger partial charge >= 0.3 is 0 Å². The Bertz CT molecular complexity index is 1600. The van der Waals surface area contributed by atoms with Crippen molar-refractivity contribution >= 4 is 49.0 Å². The first-order valence-corrected chi connectivity index (χ1v) is 15.5. The summed E-state index contributed by atoms with van der Waals surface area (Å²) >= 11 is 1.43. The van der Waals surface area contributed by atoms with E-state index >= 15 is 0 Å². The number of carbonyl (C=O) groups excluding carboxylic acids is 1. The first-order valence-electron chi connectivity index (χ1n) is 13.2. The average Bonchev–Trinajstić information content (AvgIpc) is 3.38. The number of carbonyl (C=O) groups is 1. The Hall–Kier alpha value is -3.64. The van der Waals surface area contributed by atoms with Crippen LogP contribution < -0.4 is 21.1 Å². The number of hydrogen-bond acceptors (Lipinski definition) is 7. The van der Waals surface area contributed by atoms with E-state index in [1.54, 1.807) is 30.3 Å². The second-order valence-electron chi connectivity index (χ2n) is 9.99. The summed E-state index contributed by atoms with van der Waals surface area (Å²) in [5, 5.41) is 14.6. The van der Waals surface area contributed by atoms with Crippen molar-refractivity contribution in [1.82, 2.24) is 15.0 Å². The van der Waals surface area contributed by atoms with Gasteiger partial charge in [-0.1, -0.05) is 36.4 Å². The van der Waals surface area contributed by atoms with Gasteiger partial charge in [-0.3, -0.25) is 10.2 Å². The molecule has 4 aromatic rings. The van der Waals surface area contributed by atoms with Crippen molar-refractivity contribution in [2.24, 2.45) is 11.7 Å². The smallest absolute Gasteiger partial charge is 0.241 e. The van der Waals surface area contributed by atoms with E-state index in [9.17, 15) is 13.2 Å². The number of amides is 1. The molecule has 1 amide bonds. The van der Waals surface area contributed by atoms with Crippen LogP contribution in [-0.2, 0) is 21.2 Å². The summed E-state index contributed by atoms with van der Waals surface area (Å²) in [6, 6.07) is 20.5.